The first-order chi connectivity index (χ1) is 12.9. The first-order valence-corrected chi connectivity index (χ1v) is 8.92. The molecule has 1 N–H and O–H groups in total. The summed E-state index contributed by atoms with van der Waals surface area (Å²) in [6.07, 6.45) is 2.29. The van der Waals surface area contributed by atoms with Crippen molar-refractivity contribution >= 4 is 28.6 Å². The highest BCUT2D eigenvalue weighted by molar-refractivity contribution is 6.32. The molecule has 3 aromatic rings. The predicted octanol–water partition coefficient (Wildman–Crippen LogP) is 4.32. The number of carboxylic acid groups (broad SMARTS) is 1. The average Bonchev–Trinajstić information content (AvgIpc) is 3.39. The maximum absolute atomic E-state index is 14.8. The highest BCUT2D eigenvalue weighted by atomic mass is 35.5. The maximum atomic E-state index is 14.8. The van der Waals surface area contributed by atoms with Crippen LogP contribution in [-0.2, 0) is 6.54 Å². The number of methoxy groups -OCH3 is 1. The predicted molar refractivity (Wildman–Crippen MR) is 98.9 cm³/mol. The van der Waals surface area contributed by atoms with E-state index in [4.69, 9.17) is 16.3 Å². The molecule has 1 fully saturated rings. The Bertz CT molecular complexity index is 1080. The number of ether oxygens (including phenoxy) is 1. The molecule has 6 nitrogen and oxygen atoms in total. The highest BCUT2D eigenvalue weighted by Gasteiger charge is 2.26. The minimum absolute atomic E-state index is 0.0116. The van der Waals surface area contributed by atoms with Gasteiger partial charge < -0.3 is 14.4 Å². The zero-order valence-corrected chi connectivity index (χ0v) is 15.5. The molecule has 0 bridgehead atoms. The van der Waals surface area contributed by atoms with Crippen molar-refractivity contribution in [3.8, 4) is 17.1 Å². The van der Waals surface area contributed by atoms with Gasteiger partial charge in [-0.2, -0.15) is 0 Å². The second kappa shape index (κ2) is 6.49. The molecule has 1 saturated carbocycles. The Labute approximate surface area is 159 Å². The molecule has 0 amide bonds. The molecule has 1 aliphatic rings. The zero-order chi connectivity index (χ0) is 19.3. The monoisotopic (exact) mass is 389 g/mol. The SMILES string of the molecule is COc1c(Cl)ccc(-c2nc(C(=O)O)c3cc(C)n(CC4CC4)c3n2)c1F. The third-order valence-electron chi connectivity index (χ3n) is 4.79. The number of carbonyl (C=O) groups is 1. The minimum Gasteiger partial charge on any atom is -0.492 e. The first kappa shape index (κ1) is 17.7. The number of nitrogens with zero attached hydrogens (tertiary/aromatic N) is 3. The lowest BCUT2D eigenvalue weighted by Crippen LogP contribution is -2.08. The molecule has 2 aromatic heterocycles. The van der Waals surface area contributed by atoms with Crippen LogP contribution < -0.4 is 4.74 Å². The van der Waals surface area contributed by atoms with E-state index in [1.54, 1.807) is 6.07 Å². The molecule has 1 aliphatic carbocycles. The van der Waals surface area contributed by atoms with Crippen molar-refractivity contribution in [1.29, 1.82) is 0 Å². The lowest BCUT2D eigenvalue weighted by Gasteiger charge is -2.11. The number of aromatic carboxylic acids is 1. The molecule has 27 heavy (non-hydrogen) atoms. The van der Waals surface area contributed by atoms with E-state index in [0.29, 0.717) is 17.0 Å². The van der Waals surface area contributed by atoms with Gasteiger partial charge in [0.1, 0.15) is 5.65 Å². The van der Waals surface area contributed by atoms with Crippen molar-refractivity contribution < 1.29 is 19.0 Å². The van der Waals surface area contributed by atoms with Gasteiger partial charge in [0, 0.05) is 12.2 Å². The van der Waals surface area contributed by atoms with Crippen LogP contribution in [0.25, 0.3) is 22.4 Å². The Morgan fingerprint density at radius 1 is 1.41 bits per heavy atom. The van der Waals surface area contributed by atoms with Crippen molar-refractivity contribution in [2.75, 3.05) is 7.11 Å². The lowest BCUT2D eigenvalue weighted by molar-refractivity contribution is 0.0693. The van der Waals surface area contributed by atoms with E-state index >= 15 is 0 Å². The Morgan fingerprint density at radius 3 is 2.78 bits per heavy atom. The average molecular weight is 390 g/mol. The van der Waals surface area contributed by atoms with Gasteiger partial charge in [-0.15, -0.1) is 0 Å². The van der Waals surface area contributed by atoms with E-state index in [0.717, 1.165) is 25.1 Å². The van der Waals surface area contributed by atoms with Crippen molar-refractivity contribution in [1.82, 2.24) is 14.5 Å². The number of carboxylic acids is 1. The summed E-state index contributed by atoms with van der Waals surface area (Å²) in [5.41, 5.74) is 1.29. The van der Waals surface area contributed by atoms with Crippen molar-refractivity contribution in [2.24, 2.45) is 5.92 Å². The van der Waals surface area contributed by atoms with Crippen LogP contribution in [0.5, 0.6) is 5.75 Å². The van der Waals surface area contributed by atoms with Gasteiger partial charge in [-0.1, -0.05) is 11.6 Å². The van der Waals surface area contributed by atoms with E-state index in [-0.39, 0.29) is 27.9 Å². The zero-order valence-electron chi connectivity index (χ0n) is 14.8. The van der Waals surface area contributed by atoms with E-state index in [2.05, 4.69) is 9.97 Å². The molecule has 140 valence electrons. The van der Waals surface area contributed by atoms with Gasteiger partial charge in [0.25, 0.3) is 0 Å². The molecule has 8 heteroatoms. The van der Waals surface area contributed by atoms with Crippen LogP contribution in [0.1, 0.15) is 29.0 Å². The summed E-state index contributed by atoms with van der Waals surface area (Å²) < 4.78 is 21.8. The van der Waals surface area contributed by atoms with Gasteiger partial charge in [-0.25, -0.2) is 19.2 Å². The van der Waals surface area contributed by atoms with Gasteiger partial charge in [0.15, 0.2) is 23.1 Å². The quantitative estimate of drug-likeness (QED) is 0.703. The Morgan fingerprint density at radius 2 is 2.15 bits per heavy atom. The smallest absolute Gasteiger partial charge is 0.355 e. The van der Waals surface area contributed by atoms with E-state index in [1.807, 2.05) is 11.5 Å². The van der Waals surface area contributed by atoms with Gasteiger partial charge >= 0.3 is 5.97 Å². The number of halogens is 2. The number of aromatic nitrogens is 3. The molecule has 2 heterocycles. The Hall–Kier alpha value is -2.67. The fraction of sp³-hybridized carbons (Fsp3) is 0.316. The van der Waals surface area contributed by atoms with E-state index < -0.39 is 11.8 Å². The van der Waals surface area contributed by atoms with E-state index in [1.165, 1.54) is 19.2 Å². The van der Waals surface area contributed by atoms with Crippen molar-refractivity contribution in [3.05, 3.63) is 40.4 Å². The van der Waals surface area contributed by atoms with Crippen LogP contribution in [0, 0.1) is 18.7 Å². The number of hydrogen-bond acceptors (Lipinski definition) is 4. The summed E-state index contributed by atoms with van der Waals surface area (Å²) in [4.78, 5) is 20.4. The van der Waals surface area contributed by atoms with Crippen molar-refractivity contribution in [2.45, 2.75) is 26.3 Å². The van der Waals surface area contributed by atoms with Gasteiger partial charge in [0.2, 0.25) is 0 Å². The second-order valence-corrected chi connectivity index (χ2v) is 7.13. The third kappa shape index (κ3) is 3.02. The molecule has 0 unspecified atom stereocenters. The second-order valence-electron chi connectivity index (χ2n) is 6.72. The summed E-state index contributed by atoms with van der Waals surface area (Å²) in [6, 6.07) is 4.67. The number of fused-ring (bicyclic) bond motifs is 1. The van der Waals surface area contributed by atoms with Gasteiger partial charge in [-0.05, 0) is 43.9 Å². The molecular formula is C19H17ClFN3O3. The normalized spacial score (nSPS) is 13.9. The highest BCUT2D eigenvalue weighted by Crippen LogP contribution is 2.36. The summed E-state index contributed by atoms with van der Waals surface area (Å²) in [7, 11) is 1.31. The molecule has 0 atom stereocenters. The van der Waals surface area contributed by atoms with E-state index in [9.17, 15) is 14.3 Å². The molecule has 4 rings (SSSR count). The fourth-order valence-corrected chi connectivity index (χ4v) is 3.44. The lowest BCUT2D eigenvalue weighted by atomic mass is 10.1. The summed E-state index contributed by atoms with van der Waals surface area (Å²) in [5.74, 6) is -1.48. The fourth-order valence-electron chi connectivity index (χ4n) is 3.21. The molecule has 0 saturated heterocycles. The van der Waals surface area contributed by atoms with Crippen LogP contribution in [0.2, 0.25) is 5.02 Å². The number of benzene rings is 1. The summed E-state index contributed by atoms with van der Waals surface area (Å²) in [5, 5.41) is 10.2. The molecule has 0 radical (unpaired) electrons. The van der Waals surface area contributed by atoms with Crippen molar-refractivity contribution in [3.63, 3.8) is 0 Å². The van der Waals surface area contributed by atoms with Crippen LogP contribution in [0.4, 0.5) is 4.39 Å². The van der Waals surface area contributed by atoms with Crippen LogP contribution >= 0.6 is 11.6 Å². The van der Waals surface area contributed by atoms with Crippen LogP contribution in [0.3, 0.4) is 0 Å². The molecular weight excluding hydrogens is 373 g/mol. The van der Waals surface area contributed by atoms with Gasteiger partial charge in [-0.3, -0.25) is 0 Å². The summed E-state index contributed by atoms with van der Waals surface area (Å²) >= 11 is 5.95. The third-order valence-corrected chi connectivity index (χ3v) is 5.09. The Balaban J connectivity index is 1.97. The molecule has 0 aliphatic heterocycles. The topological polar surface area (TPSA) is 77.2 Å². The van der Waals surface area contributed by atoms with Gasteiger partial charge in [0.05, 0.1) is 23.1 Å². The number of aryl methyl sites for hydroxylation is 1. The molecule has 0 spiro atoms. The maximum Gasteiger partial charge on any atom is 0.355 e. The standard InChI is InChI=1S/C19H17ClFN3O3/c1-9-7-12-15(19(25)26)22-17(23-18(12)24(9)8-10-3-4-10)11-5-6-13(20)16(27-2)14(11)21/h5-7,10H,3-4,8H2,1-2H3,(H,25,26). The largest absolute Gasteiger partial charge is 0.492 e. The molecule has 1 aromatic carbocycles. The Kier molecular flexibility index (Phi) is 4.26. The number of hydrogen-bond donors (Lipinski definition) is 1. The van der Waals surface area contributed by atoms with Crippen LogP contribution in [-0.4, -0.2) is 32.7 Å². The minimum atomic E-state index is -1.19. The van der Waals surface area contributed by atoms with Crippen LogP contribution in [0.15, 0.2) is 18.2 Å². The summed E-state index contributed by atoms with van der Waals surface area (Å²) in [6.45, 7) is 2.67. The first-order valence-electron chi connectivity index (χ1n) is 8.54. The number of rotatable bonds is 5.